The summed E-state index contributed by atoms with van der Waals surface area (Å²) in [6.07, 6.45) is 3.45. The van der Waals surface area contributed by atoms with E-state index < -0.39 is 6.04 Å². The molecular weight excluding hydrogens is 308 g/mol. The van der Waals surface area contributed by atoms with E-state index >= 15 is 0 Å². The number of nitrogens with zero attached hydrogens (tertiary/aromatic N) is 4. The predicted octanol–water partition coefficient (Wildman–Crippen LogP) is 1.05. The van der Waals surface area contributed by atoms with Crippen molar-refractivity contribution in [2.45, 2.75) is 12.6 Å². The summed E-state index contributed by atoms with van der Waals surface area (Å²) in [6, 6.07) is 9.02. The van der Waals surface area contributed by atoms with Gasteiger partial charge in [0.25, 0.3) is 0 Å². The monoisotopic (exact) mass is 326 g/mol. The Kier molecular flexibility index (Phi) is 4.66. The molecule has 1 amide bonds. The number of hydrogen-bond acceptors (Lipinski definition) is 6. The number of carbonyl (C=O) groups is 1. The maximum Gasteiger partial charge on any atom is 0.246 e. The molecule has 3 rings (SSSR count). The van der Waals surface area contributed by atoms with Crippen LogP contribution < -0.4 is 10.6 Å². The first-order valence-corrected chi connectivity index (χ1v) is 7.49. The van der Waals surface area contributed by atoms with Gasteiger partial charge in [-0.25, -0.2) is 0 Å². The van der Waals surface area contributed by atoms with E-state index in [0.717, 1.165) is 11.1 Å². The number of hydrogen-bond donors (Lipinski definition) is 2. The lowest BCUT2D eigenvalue weighted by atomic mass is 10.1. The first kappa shape index (κ1) is 15.9. The smallest absolute Gasteiger partial charge is 0.246 e. The van der Waals surface area contributed by atoms with E-state index in [2.05, 4.69) is 25.9 Å². The molecule has 0 saturated carbocycles. The van der Waals surface area contributed by atoms with Gasteiger partial charge in [0.05, 0.1) is 12.7 Å². The van der Waals surface area contributed by atoms with Crippen LogP contribution in [0.25, 0.3) is 11.4 Å². The number of rotatable bonds is 6. The minimum Gasteiger partial charge on any atom is -0.345 e. The second-order valence-corrected chi connectivity index (χ2v) is 5.26. The molecular formula is C16H18N6O2. The number of likely N-dealkylation sites (N-methyl/N-ethyl adjacent to an activating group) is 1. The molecule has 1 atom stereocenters. The second kappa shape index (κ2) is 7.05. The highest BCUT2D eigenvalue weighted by atomic mass is 16.5. The number of nitrogens with one attached hydrogen (secondary N) is 2. The van der Waals surface area contributed by atoms with Crippen molar-refractivity contribution in [3.63, 3.8) is 0 Å². The third kappa shape index (κ3) is 3.49. The Balaban J connectivity index is 1.63. The third-order valence-electron chi connectivity index (χ3n) is 3.52. The highest BCUT2D eigenvalue weighted by Gasteiger charge is 2.20. The van der Waals surface area contributed by atoms with Crippen LogP contribution in [0, 0.1) is 0 Å². The van der Waals surface area contributed by atoms with Gasteiger partial charge < -0.3 is 15.2 Å². The summed E-state index contributed by atoms with van der Waals surface area (Å²) in [5, 5.41) is 13.8. The molecule has 0 aliphatic carbocycles. The summed E-state index contributed by atoms with van der Waals surface area (Å²) >= 11 is 0. The maximum atomic E-state index is 12.3. The fraction of sp³-hybridized carbons (Fsp3) is 0.250. The highest BCUT2D eigenvalue weighted by Crippen LogP contribution is 2.15. The summed E-state index contributed by atoms with van der Waals surface area (Å²) in [7, 11) is 3.52. The van der Waals surface area contributed by atoms with E-state index in [1.165, 1.54) is 0 Å². The normalized spacial score (nSPS) is 12.1. The molecule has 2 N–H and O–H groups in total. The largest absolute Gasteiger partial charge is 0.345 e. The van der Waals surface area contributed by atoms with Crippen LogP contribution in [0.3, 0.4) is 0 Å². The number of aromatic nitrogens is 4. The van der Waals surface area contributed by atoms with E-state index in [1.807, 2.05) is 30.3 Å². The Hall–Kier alpha value is -3.00. The van der Waals surface area contributed by atoms with Gasteiger partial charge in [-0.15, -0.1) is 0 Å². The molecule has 2 aromatic heterocycles. The van der Waals surface area contributed by atoms with E-state index in [4.69, 9.17) is 4.52 Å². The van der Waals surface area contributed by atoms with Crippen LogP contribution in [-0.4, -0.2) is 32.9 Å². The van der Waals surface area contributed by atoms with Crippen LogP contribution in [0.15, 0.2) is 47.2 Å². The number of amides is 1. The molecule has 8 nitrogen and oxygen atoms in total. The van der Waals surface area contributed by atoms with Crippen LogP contribution in [-0.2, 0) is 18.4 Å². The van der Waals surface area contributed by atoms with Crippen LogP contribution in [0.1, 0.15) is 17.5 Å². The summed E-state index contributed by atoms with van der Waals surface area (Å²) in [5.74, 6) is 0.658. The van der Waals surface area contributed by atoms with Gasteiger partial charge >= 0.3 is 0 Å². The van der Waals surface area contributed by atoms with Crippen molar-refractivity contribution >= 4 is 5.91 Å². The van der Waals surface area contributed by atoms with Gasteiger partial charge in [-0.05, 0) is 7.05 Å². The lowest BCUT2D eigenvalue weighted by Gasteiger charge is -2.13. The molecule has 1 aromatic carbocycles. The SMILES string of the molecule is CNC(C(=O)NCc1nc(-c2ccccc2)no1)c1cnn(C)c1. The first-order chi connectivity index (χ1) is 11.7. The molecule has 3 aromatic rings. The zero-order valence-electron chi connectivity index (χ0n) is 13.4. The summed E-state index contributed by atoms with van der Waals surface area (Å²) in [4.78, 5) is 16.6. The Labute approximate surface area is 138 Å². The Bertz CT molecular complexity index is 811. The van der Waals surface area contributed by atoms with Crippen LogP contribution in [0.2, 0.25) is 0 Å². The molecule has 0 spiro atoms. The highest BCUT2D eigenvalue weighted by molar-refractivity contribution is 5.82. The summed E-state index contributed by atoms with van der Waals surface area (Å²) in [5.41, 5.74) is 1.65. The van der Waals surface area contributed by atoms with Gasteiger partial charge in [0.1, 0.15) is 6.04 Å². The molecule has 8 heteroatoms. The fourth-order valence-corrected chi connectivity index (χ4v) is 2.33. The fourth-order valence-electron chi connectivity index (χ4n) is 2.33. The average Bonchev–Trinajstić information content (AvgIpc) is 3.24. The number of carbonyl (C=O) groups excluding carboxylic acids is 1. The molecule has 1 unspecified atom stereocenters. The van der Waals surface area contributed by atoms with E-state index in [1.54, 1.807) is 31.2 Å². The topological polar surface area (TPSA) is 97.9 Å². The van der Waals surface area contributed by atoms with Crippen LogP contribution >= 0.6 is 0 Å². The average molecular weight is 326 g/mol. The van der Waals surface area contributed by atoms with Crippen molar-refractivity contribution < 1.29 is 9.32 Å². The van der Waals surface area contributed by atoms with Gasteiger partial charge in [-0.2, -0.15) is 10.1 Å². The van der Waals surface area contributed by atoms with Crippen LogP contribution in [0.5, 0.6) is 0 Å². The molecule has 0 aliphatic rings. The minimum absolute atomic E-state index is 0.164. The number of benzene rings is 1. The quantitative estimate of drug-likeness (QED) is 0.702. The van der Waals surface area contributed by atoms with Crippen LogP contribution in [0.4, 0.5) is 0 Å². The molecule has 0 bridgehead atoms. The standard InChI is InChI=1S/C16H18N6O2/c1-17-14(12-8-19-22(2)10-12)16(23)18-9-13-20-15(21-24-13)11-6-4-3-5-7-11/h3-8,10,14,17H,9H2,1-2H3,(H,18,23). The molecule has 24 heavy (non-hydrogen) atoms. The van der Waals surface area contributed by atoms with E-state index in [9.17, 15) is 4.79 Å². The number of aryl methyl sites for hydroxylation is 1. The van der Waals surface area contributed by atoms with Crippen molar-refractivity contribution in [3.8, 4) is 11.4 Å². The van der Waals surface area contributed by atoms with Crippen molar-refractivity contribution in [2.24, 2.45) is 7.05 Å². The van der Waals surface area contributed by atoms with Gasteiger partial charge in [0.15, 0.2) is 0 Å². The molecule has 0 radical (unpaired) electrons. The van der Waals surface area contributed by atoms with E-state index in [0.29, 0.717) is 11.7 Å². The molecule has 0 aliphatic heterocycles. The van der Waals surface area contributed by atoms with Gasteiger partial charge in [0.2, 0.25) is 17.6 Å². The Morgan fingerprint density at radius 1 is 1.33 bits per heavy atom. The molecule has 0 fully saturated rings. The van der Waals surface area contributed by atoms with Gasteiger partial charge in [0, 0.05) is 24.4 Å². The van der Waals surface area contributed by atoms with E-state index in [-0.39, 0.29) is 12.5 Å². The summed E-state index contributed by atoms with van der Waals surface area (Å²) < 4.78 is 6.83. The molecule has 0 saturated heterocycles. The third-order valence-corrected chi connectivity index (χ3v) is 3.52. The lowest BCUT2D eigenvalue weighted by molar-refractivity contribution is -0.123. The van der Waals surface area contributed by atoms with Gasteiger partial charge in [-0.3, -0.25) is 9.48 Å². The van der Waals surface area contributed by atoms with Gasteiger partial charge in [-0.1, -0.05) is 35.5 Å². The zero-order valence-corrected chi connectivity index (χ0v) is 13.4. The molecule has 2 heterocycles. The van der Waals surface area contributed by atoms with Crippen molar-refractivity contribution in [1.29, 1.82) is 0 Å². The minimum atomic E-state index is -0.491. The second-order valence-electron chi connectivity index (χ2n) is 5.26. The maximum absolute atomic E-state index is 12.3. The predicted molar refractivity (Wildman–Crippen MR) is 86.6 cm³/mol. The first-order valence-electron chi connectivity index (χ1n) is 7.49. The Morgan fingerprint density at radius 2 is 2.12 bits per heavy atom. The summed E-state index contributed by atoms with van der Waals surface area (Å²) in [6.45, 7) is 0.164. The van der Waals surface area contributed by atoms with Crippen molar-refractivity contribution in [2.75, 3.05) is 7.05 Å². The van der Waals surface area contributed by atoms with Crippen molar-refractivity contribution in [3.05, 3.63) is 54.2 Å². The van der Waals surface area contributed by atoms with Crippen molar-refractivity contribution in [1.82, 2.24) is 30.6 Å². The molecule has 124 valence electrons. The zero-order chi connectivity index (χ0) is 16.9. The lowest BCUT2D eigenvalue weighted by Crippen LogP contribution is -2.35. The Morgan fingerprint density at radius 3 is 2.79 bits per heavy atom.